The molecule has 3 aromatic carbocycles. The zero-order valence-electron chi connectivity index (χ0n) is 22.0. The number of nitrogens with one attached hydrogen (secondary N) is 1. The van der Waals surface area contributed by atoms with Crippen LogP contribution in [-0.2, 0) is 28.9 Å². The van der Waals surface area contributed by atoms with Crippen molar-refractivity contribution in [3.8, 4) is 0 Å². The van der Waals surface area contributed by atoms with E-state index in [2.05, 4.69) is 17.4 Å². The first-order chi connectivity index (χ1) is 17.8. The number of rotatable bonds is 12. The Labute approximate surface area is 221 Å². The number of benzene rings is 3. The van der Waals surface area contributed by atoms with Crippen molar-refractivity contribution in [1.82, 2.24) is 5.32 Å². The SMILES string of the molecule is CC(C)(C)OC[C@H](/C=C/[C@H](O)[C@H](Cc1ccccc1)NC(=O)OCc1ccccc1)Cc1ccccc1. The lowest BCUT2D eigenvalue weighted by atomic mass is 9.96. The smallest absolute Gasteiger partial charge is 0.407 e. The van der Waals surface area contributed by atoms with Gasteiger partial charge in [-0.05, 0) is 50.3 Å². The zero-order valence-corrected chi connectivity index (χ0v) is 22.0. The molecule has 2 N–H and O–H groups in total. The van der Waals surface area contributed by atoms with Crippen LogP contribution >= 0.6 is 0 Å². The minimum absolute atomic E-state index is 0.0682. The van der Waals surface area contributed by atoms with Crippen molar-refractivity contribution in [2.75, 3.05) is 6.61 Å². The van der Waals surface area contributed by atoms with E-state index < -0.39 is 18.2 Å². The average molecular weight is 502 g/mol. The largest absolute Gasteiger partial charge is 0.445 e. The Morgan fingerprint density at radius 2 is 1.32 bits per heavy atom. The van der Waals surface area contributed by atoms with Crippen LogP contribution in [0.1, 0.15) is 37.5 Å². The fraction of sp³-hybridized carbons (Fsp3) is 0.344. The van der Waals surface area contributed by atoms with Gasteiger partial charge in [0.1, 0.15) is 6.61 Å². The molecule has 5 heteroatoms. The Morgan fingerprint density at radius 1 is 0.811 bits per heavy atom. The van der Waals surface area contributed by atoms with Crippen LogP contribution in [0.4, 0.5) is 4.79 Å². The number of amides is 1. The summed E-state index contributed by atoms with van der Waals surface area (Å²) < 4.78 is 11.5. The molecule has 0 fully saturated rings. The molecule has 5 nitrogen and oxygen atoms in total. The first-order valence-electron chi connectivity index (χ1n) is 12.8. The monoisotopic (exact) mass is 501 g/mol. The minimum atomic E-state index is -0.905. The van der Waals surface area contributed by atoms with Crippen molar-refractivity contribution in [2.45, 2.75) is 58.0 Å². The van der Waals surface area contributed by atoms with E-state index in [-0.39, 0.29) is 18.1 Å². The molecule has 0 aliphatic heterocycles. The normalized spacial score (nSPS) is 14.2. The van der Waals surface area contributed by atoms with Crippen molar-refractivity contribution in [3.63, 3.8) is 0 Å². The number of aliphatic hydroxyl groups is 1. The summed E-state index contributed by atoms with van der Waals surface area (Å²) in [5.41, 5.74) is 2.86. The summed E-state index contributed by atoms with van der Waals surface area (Å²) in [6.07, 6.45) is 3.56. The summed E-state index contributed by atoms with van der Waals surface area (Å²) in [5.74, 6) is 0.0682. The molecule has 0 saturated carbocycles. The maximum absolute atomic E-state index is 12.6. The van der Waals surface area contributed by atoms with E-state index >= 15 is 0 Å². The molecule has 0 aliphatic carbocycles. The Balaban J connectivity index is 1.69. The maximum atomic E-state index is 12.6. The molecule has 0 aromatic heterocycles. The summed E-state index contributed by atoms with van der Waals surface area (Å²) in [6.45, 7) is 6.79. The maximum Gasteiger partial charge on any atom is 0.407 e. The lowest BCUT2D eigenvalue weighted by molar-refractivity contribution is -0.0153. The van der Waals surface area contributed by atoms with Crippen LogP contribution in [0.25, 0.3) is 0 Å². The van der Waals surface area contributed by atoms with E-state index in [0.717, 1.165) is 17.5 Å². The molecule has 196 valence electrons. The Hall–Kier alpha value is -3.41. The number of carbonyl (C=O) groups is 1. The zero-order chi connectivity index (χ0) is 26.5. The lowest BCUT2D eigenvalue weighted by Gasteiger charge is -2.25. The highest BCUT2D eigenvalue weighted by Crippen LogP contribution is 2.17. The highest BCUT2D eigenvalue weighted by Gasteiger charge is 2.22. The van der Waals surface area contributed by atoms with Crippen molar-refractivity contribution in [1.29, 1.82) is 0 Å². The summed E-state index contributed by atoms with van der Waals surface area (Å²) in [6, 6.07) is 29.0. The van der Waals surface area contributed by atoms with E-state index in [1.165, 1.54) is 5.56 Å². The van der Waals surface area contributed by atoms with Crippen LogP contribution in [0, 0.1) is 5.92 Å². The molecular formula is C32H39NO4. The molecular weight excluding hydrogens is 462 g/mol. The third-order valence-corrected chi connectivity index (χ3v) is 5.88. The Bertz CT molecular complexity index is 1080. The fourth-order valence-corrected chi connectivity index (χ4v) is 3.90. The van der Waals surface area contributed by atoms with Gasteiger partial charge >= 0.3 is 6.09 Å². The summed E-state index contributed by atoms with van der Waals surface area (Å²) in [4.78, 5) is 12.6. The molecule has 0 bridgehead atoms. The summed E-state index contributed by atoms with van der Waals surface area (Å²) >= 11 is 0. The predicted octanol–water partition coefficient (Wildman–Crippen LogP) is 6.12. The number of hydrogen-bond acceptors (Lipinski definition) is 4. The molecule has 3 atom stereocenters. The van der Waals surface area contributed by atoms with Gasteiger partial charge in [-0.25, -0.2) is 4.79 Å². The molecule has 0 radical (unpaired) electrons. The number of hydrogen-bond donors (Lipinski definition) is 2. The van der Waals surface area contributed by atoms with Gasteiger partial charge in [0.15, 0.2) is 0 Å². The second-order valence-electron chi connectivity index (χ2n) is 10.3. The van der Waals surface area contributed by atoms with Gasteiger partial charge in [-0.3, -0.25) is 0 Å². The van der Waals surface area contributed by atoms with Crippen molar-refractivity contribution in [2.24, 2.45) is 5.92 Å². The van der Waals surface area contributed by atoms with E-state index in [4.69, 9.17) is 9.47 Å². The number of carbonyl (C=O) groups excluding carboxylic acids is 1. The van der Waals surface area contributed by atoms with Gasteiger partial charge in [0.25, 0.3) is 0 Å². The van der Waals surface area contributed by atoms with E-state index in [1.54, 1.807) is 6.08 Å². The Kier molecular flexibility index (Phi) is 10.9. The van der Waals surface area contributed by atoms with Gasteiger partial charge < -0.3 is 19.9 Å². The number of alkyl carbamates (subject to hydrolysis) is 1. The van der Waals surface area contributed by atoms with Gasteiger partial charge in [0.2, 0.25) is 0 Å². The van der Waals surface area contributed by atoms with Crippen LogP contribution in [-0.4, -0.2) is 35.6 Å². The second-order valence-corrected chi connectivity index (χ2v) is 10.3. The predicted molar refractivity (Wildman–Crippen MR) is 148 cm³/mol. The second kappa shape index (κ2) is 14.4. The van der Waals surface area contributed by atoms with Crippen LogP contribution in [0.15, 0.2) is 103 Å². The minimum Gasteiger partial charge on any atom is -0.445 e. The molecule has 0 unspecified atom stereocenters. The number of aliphatic hydroxyl groups excluding tert-OH is 1. The number of ether oxygens (including phenoxy) is 2. The van der Waals surface area contributed by atoms with Gasteiger partial charge in [-0.2, -0.15) is 0 Å². The standard InChI is InChI=1S/C32H39NO4/c1-32(2,3)37-24-28(21-25-13-7-4-8-14-25)19-20-30(34)29(22-26-15-9-5-10-16-26)33-31(35)36-23-27-17-11-6-12-18-27/h4-20,28-30,34H,21-24H2,1-3H3,(H,33,35)/b20-19+/t28-,29+,30+/m1/s1. The molecule has 0 saturated heterocycles. The third kappa shape index (κ3) is 11.0. The summed E-state index contributed by atoms with van der Waals surface area (Å²) in [5, 5.41) is 14.0. The van der Waals surface area contributed by atoms with Gasteiger partial charge in [0, 0.05) is 5.92 Å². The molecule has 3 aromatic rings. The van der Waals surface area contributed by atoms with Gasteiger partial charge in [-0.15, -0.1) is 0 Å². The molecule has 1 amide bonds. The summed E-state index contributed by atoms with van der Waals surface area (Å²) in [7, 11) is 0. The topological polar surface area (TPSA) is 67.8 Å². The molecule has 0 aliphatic rings. The first kappa shape index (κ1) is 28.2. The van der Waals surface area contributed by atoms with E-state index in [0.29, 0.717) is 13.0 Å². The molecule has 0 spiro atoms. The van der Waals surface area contributed by atoms with Gasteiger partial charge in [0.05, 0.1) is 24.4 Å². The third-order valence-electron chi connectivity index (χ3n) is 5.88. The van der Waals surface area contributed by atoms with E-state index in [9.17, 15) is 9.90 Å². The Morgan fingerprint density at radius 3 is 1.86 bits per heavy atom. The fourth-order valence-electron chi connectivity index (χ4n) is 3.90. The molecule has 3 rings (SSSR count). The highest BCUT2D eigenvalue weighted by molar-refractivity contribution is 5.67. The van der Waals surface area contributed by atoms with Crippen LogP contribution < -0.4 is 5.32 Å². The quantitative estimate of drug-likeness (QED) is 0.294. The van der Waals surface area contributed by atoms with Crippen LogP contribution in [0.5, 0.6) is 0 Å². The van der Waals surface area contributed by atoms with Crippen LogP contribution in [0.3, 0.4) is 0 Å². The van der Waals surface area contributed by atoms with Gasteiger partial charge in [-0.1, -0.05) is 103 Å². The molecule has 0 heterocycles. The van der Waals surface area contributed by atoms with Crippen LogP contribution in [0.2, 0.25) is 0 Å². The van der Waals surface area contributed by atoms with Crippen molar-refractivity contribution < 1.29 is 19.4 Å². The first-order valence-corrected chi connectivity index (χ1v) is 12.8. The van der Waals surface area contributed by atoms with Crippen molar-refractivity contribution >= 4 is 6.09 Å². The average Bonchev–Trinajstić information content (AvgIpc) is 2.90. The lowest BCUT2D eigenvalue weighted by Crippen LogP contribution is -2.44. The van der Waals surface area contributed by atoms with E-state index in [1.807, 2.05) is 106 Å². The molecule has 37 heavy (non-hydrogen) atoms. The van der Waals surface area contributed by atoms with Crippen molar-refractivity contribution in [3.05, 3.63) is 120 Å². The highest BCUT2D eigenvalue weighted by atomic mass is 16.5.